The Hall–Kier alpha value is -3.56. The van der Waals surface area contributed by atoms with Crippen molar-refractivity contribution >= 4 is 39.1 Å². The number of ether oxygens (including phenoxy) is 1. The maximum atomic E-state index is 14.0. The average molecular weight is 586 g/mol. The first kappa shape index (κ1) is 31.0. The van der Waals surface area contributed by atoms with Gasteiger partial charge in [-0.2, -0.15) is 0 Å². The lowest BCUT2D eigenvalue weighted by Crippen LogP contribution is -2.53. The summed E-state index contributed by atoms with van der Waals surface area (Å²) in [6.45, 7) is 7.01. The van der Waals surface area contributed by atoms with Crippen LogP contribution in [0.3, 0.4) is 0 Å². The molecular formula is C30H36ClN3O5S. The number of carbonyl (C=O) groups is 2. The van der Waals surface area contributed by atoms with E-state index in [0.717, 1.165) is 15.4 Å². The van der Waals surface area contributed by atoms with Crippen LogP contribution in [0.1, 0.15) is 38.3 Å². The fraction of sp³-hybridized carbons (Fsp3) is 0.333. The number of hydrogen-bond acceptors (Lipinski definition) is 5. The van der Waals surface area contributed by atoms with Crippen molar-refractivity contribution in [3.63, 3.8) is 0 Å². The summed E-state index contributed by atoms with van der Waals surface area (Å²) in [5, 5.41) is 3.28. The molecular weight excluding hydrogens is 550 g/mol. The van der Waals surface area contributed by atoms with E-state index < -0.39 is 28.5 Å². The zero-order valence-electron chi connectivity index (χ0n) is 23.4. The van der Waals surface area contributed by atoms with Crippen molar-refractivity contribution in [3.05, 3.63) is 88.9 Å². The minimum Gasteiger partial charge on any atom is -0.497 e. The minimum absolute atomic E-state index is 0.00317. The smallest absolute Gasteiger partial charge is 0.264 e. The minimum atomic E-state index is -4.16. The molecule has 1 N–H and O–H groups in total. The van der Waals surface area contributed by atoms with Gasteiger partial charge in [-0.1, -0.05) is 48.4 Å². The van der Waals surface area contributed by atoms with Gasteiger partial charge in [0.1, 0.15) is 18.3 Å². The number of anilines is 1. The number of rotatable bonds is 12. The second kappa shape index (κ2) is 13.7. The van der Waals surface area contributed by atoms with Crippen LogP contribution in [0, 0.1) is 6.92 Å². The topological polar surface area (TPSA) is 96.0 Å². The van der Waals surface area contributed by atoms with Crippen LogP contribution in [0.25, 0.3) is 0 Å². The van der Waals surface area contributed by atoms with E-state index in [1.807, 2.05) is 39.8 Å². The van der Waals surface area contributed by atoms with E-state index in [9.17, 15) is 18.0 Å². The number of carbonyl (C=O) groups excluding carboxylic acids is 2. The van der Waals surface area contributed by atoms with Crippen LogP contribution >= 0.6 is 11.6 Å². The zero-order valence-corrected chi connectivity index (χ0v) is 25.0. The van der Waals surface area contributed by atoms with Gasteiger partial charge in [-0.05, 0) is 81.3 Å². The predicted molar refractivity (Wildman–Crippen MR) is 158 cm³/mol. The molecule has 1 atom stereocenters. The third kappa shape index (κ3) is 7.76. The number of benzene rings is 3. The highest BCUT2D eigenvalue weighted by molar-refractivity contribution is 7.92. The normalized spacial score (nSPS) is 12.1. The second-order valence-corrected chi connectivity index (χ2v) is 12.1. The highest BCUT2D eigenvalue weighted by Crippen LogP contribution is 2.26. The summed E-state index contributed by atoms with van der Waals surface area (Å²) >= 11 is 6.00. The molecule has 3 aromatic carbocycles. The van der Waals surface area contributed by atoms with Crippen molar-refractivity contribution in [1.29, 1.82) is 0 Å². The summed E-state index contributed by atoms with van der Waals surface area (Å²) in [6, 6.07) is 18.9. The van der Waals surface area contributed by atoms with Crippen LogP contribution in [-0.2, 0) is 26.2 Å². The van der Waals surface area contributed by atoms with E-state index in [1.54, 1.807) is 43.5 Å². The summed E-state index contributed by atoms with van der Waals surface area (Å²) in [4.78, 5) is 28.7. The lowest BCUT2D eigenvalue weighted by molar-refractivity contribution is -0.140. The molecule has 0 unspecified atom stereocenters. The van der Waals surface area contributed by atoms with Crippen LogP contribution in [0.2, 0.25) is 5.02 Å². The van der Waals surface area contributed by atoms with Crippen LogP contribution in [0.5, 0.6) is 5.75 Å². The lowest BCUT2D eigenvalue weighted by Gasteiger charge is -2.33. The number of amides is 2. The van der Waals surface area contributed by atoms with Gasteiger partial charge in [0.2, 0.25) is 11.8 Å². The van der Waals surface area contributed by atoms with Crippen molar-refractivity contribution in [2.45, 2.75) is 57.6 Å². The summed E-state index contributed by atoms with van der Waals surface area (Å²) in [6.07, 6.45) is 0.342. The van der Waals surface area contributed by atoms with Gasteiger partial charge in [0.15, 0.2) is 0 Å². The van der Waals surface area contributed by atoms with Crippen molar-refractivity contribution in [1.82, 2.24) is 10.2 Å². The number of methoxy groups -OCH3 is 1. The molecule has 40 heavy (non-hydrogen) atoms. The molecule has 0 aliphatic carbocycles. The number of nitrogens with zero attached hydrogens (tertiary/aromatic N) is 2. The van der Waals surface area contributed by atoms with Gasteiger partial charge in [-0.15, -0.1) is 0 Å². The molecule has 0 fully saturated rings. The monoisotopic (exact) mass is 585 g/mol. The molecule has 3 aromatic rings. The number of sulfonamides is 1. The van der Waals surface area contributed by atoms with E-state index >= 15 is 0 Å². The van der Waals surface area contributed by atoms with Gasteiger partial charge in [0, 0.05) is 17.6 Å². The highest BCUT2D eigenvalue weighted by atomic mass is 35.5. The van der Waals surface area contributed by atoms with Crippen molar-refractivity contribution in [2.75, 3.05) is 18.0 Å². The molecule has 214 valence electrons. The fourth-order valence-electron chi connectivity index (χ4n) is 4.20. The first-order chi connectivity index (χ1) is 19.0. The second-order valence-electron chi connectivity index (χ2n) is 9.76. The Bertz CT molecular complexity index is 1390. The first-order valence-electron chi connectivity index (χ1n) is 13.0. The maximum absolute atomic E-state index is 14.0. The van der Waals surface area contributed by atoms with Gasteiger partial charge >= 0.3 is 0 Å². The molecule has 8 nitrogen and oxygen atoms in total. The Morgan fingerprint density at radius 1 is 0.950 bits per heavy atom. The third-order valence-corrected chi connectivity index (χ3v) is 8.37. The number of aryl methyl sites for hydroxylation is 1. The van der Waals surface area contributed by atoms with Gasteiger partial charge in [0.05, 0.1) is 17.7 Å². The fourth-order valence-corrected chi connectivity index (χ4v) is 5.74. The average Bonchev–Trinajstić information content (AvgIpc) is 2.92. The van der Waals surface area contributed by atoms with Crippen molar-refractivity contribution in [3.8, 4) is 5.75 Å². The molecule has 0 spiro atoms. The molecule has 0 aliphatic heterocycles. The zero-order chi connectivity index (χ0) is 29.4. The predicted octanol–water partition coefficient (Wildman–Crippen LogP) is 5.18. The Morgan fingerprint density at radius 2 is 1.55 bits per heavy atom. The summed E-state index contributed by atoms with van der Waals surface area (Å²) in [5.74, 6) is -0.160. The van der Waals surface area contributed by atoms with Crippen LogP contribution < -0.4 is 14.4 Å². The molecule has 0 aliphatic rings. The van der Waals surface area contributed by atoms with E-state index in [2.05, 4.69) is 5.32 Å². The van der Waals surface area contributed by atoms with E-state index in [4.69, 9.17) is 16.3 Å². The van der Waals surface area contributed by atoms with Crippen molar-refractivity contribution in [2.24, 2.45) is 0 Å². The van der Waals surface area contributed by atoms with Crippen LogP contribution in [0.4, 0.5) is 5.69 Å². The van der Waals surface area contributed by atoms with Gasteiger partial charge in [-0.3, -0.25) is 13.9 Å². The highest BCUT2D eigenvalue weighted by Gasteiger charge is 2.33. The van der Waals surface area contributed by atoms with E-state index in [0.29, 0.717) is 22.9 Å². The van der Waals surface area contributed by atoms with E-state index in [-0.39, 0.29) is 23.4 Å². The third-order valence-electron chi connectivity index (χ3n) is 6.33. The molecule has 0 heterocycles. The lowest BCUT2D eigenvalue weighted by atomic mass is 10.1. The maximum Gasteiger partial charge on any atom is 0.264 e. The number of hydrogen-bond donors (Lipinski definition) is 1. The standard InChI is InChI=1S/C30H36ClN3O5S/c1-6-28(30(36)32-21(2)3)33(19-23-9-15-26(39-5)16-10-23)29(35)20-34(25-13-7-22(4)8-14-25)40(37,38)27-17-11-24(31)12-18-27/h7-18,21,28H,6,19-20H2,1-5H3,(H,32,36)/t28-/m1/s1. The summed E-state index contributed by atoms with van der Waals surface area (Å²) < 4.78 is 34.0. The Kier molecular flexibility index (Phi) is 10.6. The Morgan fingerprint density at radius 3 is 2.08 bits per heavy atom. The molecule has 0 radical (unpaired) electrons. The Balaban J connectivity index is 2.05. The summed E-state index contributed by atoms with van der Waals surface area (Å²) in [7, 11) is -2.59. The molecule has 0 aromatic heterocycles. The van der Waals surface area contributed by atoms with Gasteiger partial charge in [0.25, 0.3) is 10.0 Å². The Labute approximate surface area is 241 Å². The molecule has 0 saturated carbocycles. The molecule has 3 rings (SSSR count). The number of halogens is 1. The quantitative estimate of drug-likeness (QED) is 0.316. The van der Waals surface area contributed by atoms with Crippen LogP contribution in [0.15, 0.2) is 77.7 Å². The largest absolute Gasteiger partial charge is 0.497 e. The number of nitrogens with one attached hydrogen (secondary N) is 1. The molecule has 0 bridgehead atoms. The molecule has 10 heteroatoms. The van der Waals surface area contributed by atoms with Gasteiger partial charge < -0.3 is 15.0 Å². The van der Waals surface area contributed by atoms with E-state index in [1.165, 1.54) is 29.2 Å². The SMILES string of the molecule is CC[C@H](C(=O)NC(C)C)N(Cc1ccc(OC)cc1)C(=O)CN(c1ccc(C)cc1)S(=O)(=O)c1ccc(Cl)cc1. The summed E-state index contributed by atoms with van der Waals surface area (Å²) in [5.41, 5.74) is 2.04. The van der Waals surface area contributed by atoms with Crippen LogP contribution in [-0.4, -0.2) is 50.9 Å². The first-order valence-corrected chi connectivity index (χ1v) is 14.9. The van der Waals surface area contributed by atoms with Crippen molar-refractivity contribution < 1.29 is 22.7 Å². The van der Waals surface area contributed by atoms with Gasteiger partial charge in [-0.25, -0.2) is 8.42 Å². The molecule has 2 amide bonds. The molecule has 0 saturated heterocycles.